The highest BCUT2D eigenvalue weighted by Crippen LogP contribution is 2.23. The van der Waals surface area contributed by atoms with Crippen molar-refractivity contribution in [2.24, 2.45) is 0 Å². The van der Waals surface area contributed by atoms with E-state index in [1.165, 1.54) is 6.92 Å². The van der Waals surface area contributed by atoms with Crippen molar-refractivity contribution in [3.8, 4) is 5.75 Å². The first-order chi connectivity index (χ1) is 7.70. The average Bonchev–Trinajstić information content (AvgIpc) is 2.29. The molecule has 0 fully saturated rings. The van der Waals surface area contributed by atoms with Crippen LogP contribution in [0.4, 0.5) is 0 Å². The molecular formula is C13H16O3. The van der Waals surface area contributed by atoms with Crippen LogP contribution in [-0.2, 0) is 11.3 Å². The molecule has 0 aromatic heterocycles. The van der Waals surface area contributed by atoms with E-state index in [4.69, 9.17) is 9.47 Å². The monoisotopic (exact) mass is 220 g/mol. The topological polar surface area (TPSA) is 35.5 Å². The molecule has 0 radical (unpaired) electrons. The van der Waals surface area contributed by atoms with Crippen molar-refractivity contribution >= 4 is 5.78 Å². The molecule has 1 aromatic rings. The summed E-state index contributed by atoms with van der Waals surface area (Å²) < 4.78 is 10.6. The molecule has 3 nitrogen and oxygen atoms in total. The fraction of sp³-hybridized carbons (Fsp3) is 0.308. The third-order valence-electron chi connectivity index (χ3n) is 2.21. The predicted octanol–water partition coefficient (Wildman–Crippen LogP) is 2.60. The molecule has 0 atom stereocenters. The lowest BCUT2D eigenvalue weighted by Gasteiger charge is -2.11. The van der Waals surface area contributed by atoms with Crippen molar-refractivity contribution in [1.29, 1.82) is 0 Å². The van der Waals surface area contributed by atoms with Gasteiger partial charge >= 0.3 is 0 Å². The molecule has 0 amide bonds. The van der Waals surface area contributed by atoms with Gasteiger partial charge in [0.05, 0.1) is 20.3 Å². The largest absolute Gasteiger partial charge is 0.496 e. The summed E-state index contributed by atoms with van der Waals surface area (Å²) in [6.07, 6.45) is 1.67. The Kier molecular flexibility index (Phi) is 4.73. The first-order valence-corrected chi connectivity index (χ1v) is 5.06. The van der Waals surface area contributed by atoms with Gasteiger partial charge in [-0.05, 0) is 13.0 Å². The van der Waals surface area contributed by atoms with Crippen molar-refractivity contribution in [3.63, 3.8) is 0 Å². The van der Waals surface area contributed by atoms with Crippen LogP contribution >= 0.6 is 0 Å². The van der Waals surface area contributed by atoms with Crippen LogP contribution in [0.2, 0.25) is 0 Å². The summed E-state index contributed by atoms with van der Waals surface area (Å²) in [7, 11) is 1.58. The number of hydrogen-bond acceptors (Lipinski definition) is 3. The lowest BCUT2D eigenvalue weighted by Crippen LogP contribution is -2.04. The van der Waals surface area contributed by atoms with E-state index in [1.807, 2.05) is 6.07 Å². The van der Waals surface area contributed by atoms with Crippen molar-refractivity contribution < 1.29 is 14.3 Å². The van der Waals surface area contributed by atoms with Gasteiger partial charge in [-0.2, -0.15) is 0 Å². The molecule has 0 unspecified atom stereocenters. The van der Waals surface area contributed by atoms with Gasteiger partial charge in [-0.1, -0.05) is 18.2 Å². The van der Waals surface area contributed by atoms with E-state index < -0.39 is 0 Å². The number of Topliss-reactive ketones (excluding diaryl/α,β-unsaturated/α-hetero) is 1. The van der Waals surface area contributed by atoms with Gasteiger partial charge in [0.2, 0.25) is 0 Å². The van der Waals surface area contributed by atoms with Crippen LogP contribution < -0.4 is 4.74 Å². The van der Waals surface area contributed by atoms with Crippen LogP contribution in [-0.4, -0.2) is 19.5 Å². The molecular weight excluding hydrogens is 204 g/mol. The van der Waals surface area contributed by atoms with E-state index in [2.05, 4.69) is 6.58 Å². The van der Waals surface area contributed by atoms with E-state index in [0.717, 1.165) is 5.56 Å². The van der Waals surface area contributed by atoms with Gasteiger partial charge in [-0.15, -0.1) is 6.58 Å². The number of carbonyl (C=O) groups is 1. The molecule has 0 saturated heterocycles. The number of hydrogen-bond donors (Lipinski definition) is 0. The molecule has 1 aromatic carbocycles. The smallest absolute Gasteiger partial charge is 0.160 e. The number of benzene rings is 1. The number of carbonyl (C=O) groups excluding carboxylic acids is 1. The summed E-state index contributed by atoms with van der Waals surface area (Å²) in [4.78, 5) is 11.4. The normalized spacial score (nSPS) is 9.88. The molecule has 86 valence electrons. The quantitative estimate of drug-likeness (QED) is 0.420. The second kappa shape index (κ2) is 6.08. The fourth-order valence-corrected chi connectivity index (χ4v) is 1.48. The molecule has 0 bridgehead atoms. The second-order valence-electron chi connectivity index (χ2n) is 3.35. The van der Waals surface area contributed by atoms with E-state index in [9.17, 15) is 4.79 Å². The van der Waals surface area contributed by atoms with Crippen LogP contribution in [0.3, 0.4) is 0 Å². The van der Waals surface area contributed by atoms with Gasteiger partial charge in [0.15, 0.2) is 5.78 Å². The average molecular weight is 220 g/mol. The first-order valence-electron chi connectivity index (χ1n) is 5.06. The molecule has 0 aliphatic carbocycles. The Balaban J connectivity index is 2.99. The van der Waals surface area contributed by atoms with Crippen LogP contribution in [0.5, 0.6) is 5.75 Å². The van der Waals surface area contributed by atoms with E-state index >= 15 is 0 Å². The summed E-state index contributed by atoms with van der Waals surface area (Å²) >= 11 is 0. The standard InChI is InChI=1S/C13H16O3/c1-4-8-16-9-12-11(10(2)14)6-5-7-13(12)15-3/h4-7H,1,8-9H2,2-3H3. The maximum Gasteiger partial charge on any atom is 0.160 e. The molecule has 1 rings (SSSR count). The molecule has 0 aliphatic heterocycles. The van der Waals surface area contributed by atoms with Gasteiger partial charge in [-0.3, -0.25) is 4.79 Å². The Morgan fingerprint density at radius 1 is 1.50 bits per heavy atom. The van der Waals surface area contributed by atoms with Gasteiger partial charge in [0, 0.05) is 11.1 Å². The summed E-state index contributed by atoms with van der Waals surface area (Å²) in [5.41, 5.74) is 1.43. The van der Waals surface area contributed by atoms with Gasteiger partial charge in [0.1, 0.15) is 5.75 Å². The number of rotatable bonds is 6. The summed E-state index contributed by atoms with van der Waals surface area (Å²) in [6.45, 7) is 5.91. The maximum atomic E-state index is 11.4. The van der Waals surface area contributed by atoms with Crippen LogP contribution in [0.25, 0.3) is 0 Å². The Morgan fingerprint density at radius 2 is 2.25 bits per heavy atom. The van der Waals surface area contributed by atoms with Gasteiger partial charge < -0.3 is 9.47 Å². The van der Waals surface area contributed by atoms with E-state index in [0.29, 0.717) is 24.5 Å². The molecule has 0 N–H and O–H groups in total. The maximum absolute atomic E-state index is 11.4. The zero-order valence-corrected chi connectivity index (χ0v) is 9.66. The van der Waals surface area contributed by atoms with Crippen LogP contribution in [0.1, 0.15) is 22.8 Å². The third kappa shape index (κ3) is 2.94. The van der Waals surface area contributed by atoms with Crippen molar-refractivity contribution in [3.05, 3.63) is 42.0 Å². The van der Waals surface area contributed by atoms with Gasteiger partial charge in [0.25, 0.3) is 0 Å². The van der Waals surface area contributed by atoms with E-state index in [1.54, 1.807) is 25.3 Å². The zero-order chi connectivity index (χ0) is 12.0. The SMILES string of the molecule is C=CCOCc1c(OC)cccc1C(C)=O. The lowest BCUT2D eigenvalue weighted by atomic mass is 10.0. The highest BCUT2D eigenvalue weighted by molar-refractivity contribution is 5.96. The van der Waals surface area contributed by atoms with Crippen molar-refractivity contribution in [2.75, 3.05) is 13.7 Å². The predicted molar refractivity (Wildman–Crippen MR) is 62.9 cm³/mol. The lowest BCUT2D eigenvalue weighted by molar-refractivity contribution is 0.100. The summed E-state index contributed by atoms with van der Waals surface area (Å²) in [6, 6.07) is 5.39. The Labute approximate surface area is 95.7 Å². The minimum absolute atomic E-state index is 0.0103. The fourth-order valence-electron chi connectivity index (χ4n) is 1.48. The van der Waals surface area contributed by atoms with Crippen LogP contribution in [0, 0.1) is 0 Å². The third-order valence-corrected chi connectivity index (χ3v) is 2.21. The highest BCUT2D eigenvalue weighted by atomic mass is 16.5. The molecule has 16 heavy (non-hydrogen) atoms. The molecule has 3 heteroatoms. The number of methoxy groups -OCH3 is 1. The van der Waals surface area contributed by atoms with E-state index in [-0.39, 0.29) is 5.78 Å². The summed E-state index contributed by atoms with van der Waals surface area (Å²) in [5.74, 6) is 0.688. The highest BCUT2D eigenvalue weighted by Gasteiger charge is 2.11. The second-order valence-corrected chi connectivity index (χ2v) is 3.35. The molecule has 0 aliphatic rings. The minimum atomic E-state index is 0.0103. The zero-order valence-electron chi connectivity index (χ0n) is 9.66. The first kappa shape index (κ1) is 12.5. The molecule has 0 spiro atoms. The Hall–Kier alpha value is -1.61. The number of ether oxygens (including phenoxy) is 2. The van der Waals surface area contributed by atoms with Gasteiger partial charge in [-0.25, -0.2) is 0 Å². The molecule has 0 saturated carbocycles. The Bertz CT molecular complexity index is 383. The van der Waals surface area contributed by atoms with Crippen molar-refractivity contribution in [2.45, 2.75) is 13.5 Å². The van der Waals surface area contributed by atoms with Crippen molar-refractivity contribution in [1.82, 2.24) is 0 Å². The molecule has 0 heterocycles. The minimum Gasteiger partial charge on any atom is -0.496 e. The number of ketones is 1. The summed E-state index contributed by atoms with van der Waals surface area (Å²) in [5, 5.41) is 0. The Morgan fingerprint density at radius 3 is 2.81 bits per heavy atom. The van der Waals surface area contributed by atoms with Crippen LogP contribution in [0.15, 0.2) is 30.9 Å².